The standard InChI is InChI=1S/C15H15F3O4S/c16-15(17,18)22-11-3-1-9(2-4-11)14(19)10-7-12-5-6-13(8-10)23(12,20)21/h1-4,10,12-13H,5-8H2. The number of fused-ring (bicyclic) bond motifs is 2. The van der Waals surface area contributed by atoms with E-state index < -0.39 is 26.7 Å². The van der Waals surface area contributed by atoms with E-state index in [2.05, 4.69) is 4.74 Å². The number of Topliss-reactive ketones (excluding diaryl/α,β-unsaturated/α-hetero) is 1. The molecule has 2 bridgehead atoms. The Bertz CT molecular complexity index is 689. The highest BCUT2D eigenvalue weighted by molar-refractivity contribution is 7.93. The Kier molecular flexibility index (Phi) is 3.90. The maximum Gasteiger partial charge on any atom is 0.573 e. The maximum absolute atomic E-state index is 12.5. The first-order valence-corrected chi connectivity index (χ1v) is 8.90. The predicted octanol–water partition coefficient (Wildman–Crippen LogP) is 3.12. The molecule has 0 aromatic heterocycles. The summed E-state index contributed by atoms with van der Waals surface area (Å²) in [5.74, 6) is -0.985. The second-order valence-electron chi connectivity index (χ2n) is 6.02. The zero-order valence-corrected chi connectivity index (χ0v) is 12.9. The number of sulfone groups is 1. The van der Waals surface area contributed by atoms with E-state index in [4.69, 9.17) is 0 Å². The summed E-state index contributed by atoms with van der Waals surface area (Å²) in [5.41, 5.74) is 0.281. The fraction of sp³-hybridized carbons (Fsp3) is 0.533. The number of ketones is 1. The molecule has 0 spiro atoms. The summed E-state index contributed by atoms with van der Waals surface area (Å²) >= 11 is 0. The van der Waals surface area contributed by atoms with Crippen molar-refractivity contribution >= 4 is 15.6 Å². The van der Waals surface area contributed by atoms with Crippen molar-refractivity contribution in [2.24, 2.45) is 5.92 Å². The molecular formula is C15H15F3O4S. The number of hydrogen-bond acceptors (Lipinski definition) is 4. The molecule has 126 valence electrons. The molecule has 8 heteroatoms. The zero-order valence-electron chi connectivity index (χ0n) is 12.0. The van der Waals surface area contributed by atoms with Gasteiger partial charge < -0.3 is 4.74 Å². The van der Waals surface area contributed by atoms with Crippen LogP contribution in [0.2, 0.25) is 0 Å². The van der Waals surface area contributed by atoms with E-state index in [0.29, 0.717) is 25.7 Å². The molecule has 3 rings (SSSR count). The lowest BCUT2D eigenvalue weighted by Crippen LogP contribution is -2.36. The smallest absolute Gasteiger partial charge is 0.406 e. The summed E-state index contributed by atoms with van der Waals surface area (Å²) in [6.07, 6.45) is -2.98. The molecule has 0 aliphatic carbocycles. The van der Waals surface area contributed by atoms with Gasteiger partial charge in [-0.15, -0.1) is 13.2 Å². The molecule has 1 aromatic carbocycles. The highest BCUT2D eigenvalue weighted by Crippen LogP contribution is 2.42. The molecule has 2 saturated heterocycles. The van der Waals surface area contributed by atoms with Crippen LogP contribution in [0.1, 0.15) is 36.0 Å². The third kappa shape index (κ3) is 3.22. The van der Waals surface area contributed by atoms with Crippen LogP contribution >= 0.6 is 0 Å². The topological polar surface area (TPSA) is 60.4 Å². The molecule has 2 fully saturated rings. The van der Waals surface area contributed by atoms with E-state index in [9.17, 15) is 26.4 Å². The van der Waals surface area contributed by atoms with Gasteiger partial charge in [-0.25, -0.2) is 8.42 Å². The van der Waals surface area contributed by atoms with Crippen molar-refractivity contribution in [1.29, 1.82) is 0 Å². The SMILES string of the molecule is O=C(c1ccc(OC(F)(F)F)cc1)C1CC2CCC(C1)S2(=O)=O. The summed E-state index contributed by atoms with van der Waals surface area (Å²) < 4.78 is 64.1. The predicted molar refractivity (Wildman–Crippen MR) is 75.9 cm³/mol. The molecule has 2 aliphatic rings. The van der Waals surface area contributed by atoms with E-state index in [1.165, 1.54) is 12.1 Å². The van der Waals surface area contributed by atoms with Gasteiger partial charge in [0.1, 0.15) is 5.75 Å². The van der Waals surface area contributed by atoms with Crippen molar-refractivity contribution in [3.63, 3.8) is 0 Å². The number of carbonyl (C=O) groups excluding carboxylic acids is 1. The van der Waals surface area contributed by atoms with Crippen LogP contribution in [0, 0.1) is 5.92 Å². The minimum Gasteiger partial charge on any atom is -0.406 e. The normalized spacial score (nSPS) is 29.3. The lowest BCUT2D eigenvalue weighted by molar-refractivity contribution is -0.274. The second kappa shape index (κ2) is 5.51. The summed E-state index contributed by atoms with van der Waals surface area (Å²) in [5, 5.41) is -0.911. The van der Waals surface area contributed by atoms with Gasteiger partial charge in [-0.3, -0.25) is 4.79 Å². The fourth-order valence-electron chi connectivity index (χ4n) is 3.48. The lowest BCUT2D eigenvalue weighted by Gasteiger charge is -2.27. The Hall–Kier alpha value is -1.57. The van der Waals surface area contributed by atoms with E-state index >= 15 is 0 Å². The highest BCUT2D eigenvalue weighted by Gasteiger charge is 2.48. The first-order chi connectivity index (χ1) is 10.7. The van der Waals surface area contributed by atoms with E-state index in [1.54, 1.807) is 0 Å². The van der Waals surface area contributed by atoms with E-state index in [0.717, 1.165) is 12.1 Å². The average Bonchev–Trinajstić information content (AvgIpc) is 2.66. The number of halogens is 3. The van der Waals surface area contributed by atoms with Crippen LogP contribution in [-0.4, -0.2) is 31.1 Å². The zero-order chi connectivity index (χ0) is 16.8. The van der Waals surface area contributed by atoms with Crippen LogP contribution in [-0.2, 0) is 9.84 Å². The Morgan fingerprint density at radius 1 is 1.04 bits per heavy atom. The highest BCUT2D eigenvalue weighted by atomic mass is 32.2. The summed E-state index contributed by atoms with van der Waals surface area (Å²) in [7, 11) is -3.10. The fourth-order valence-corrected chi connectivity index (χ4v) is 5.95. The van der Waals surface area contributed by atoms with E-state index in [1.807, 2.05) is 0 Å². The minimum atomic E-state index is -4.78. The molecule has 0 saturated carbocycles. The van der Waals surface area contributed by atoms with Gasteiger partial charge in [-0.1, -0.05) is 0 Å². The molecular weight excluding hydrogens is 333 g/mol. The van der Waals surface area contributed by atoms with Gasteiger partial charge in [0, 0.05) is 11.5 Å². The van der Waals surface area contributed by atoms with Crippen molar-refractivity contribution in [1.82, 2.24) is 0 Å². The van der Waals surface area contributed by atoms with Gasteiger partial charge in [-0.2, -0.15) is 0 Å². The van der Waals surface area contributed by atoms with Crippen molar-refractivity contribution in [3.8, 4) is 5.75 Å². The molecule has 23 heavy (non-hydrogen) atoms. The molecule has 2 aliphatic heterocycles. The summed E-state index contributed by atoms with van der Waals surface area (Å²) in [4.78, 5) is 12.5. The van der Waals surface area contributed by atoms with E-state index in [-0.39, 0.29) is 23.0 Å². The second-order valence-corrected chi connectivity index (χ2v) is 8.53. The first-order valence-electron chi connectivity index (χ1n) is 7.29. The molecule has 0 amide bonds. The van der Waals surface area contributed by atoms with Crippen LogP contribution < -0.4 is 4.74 Å². The Balaban J connectivity index is 1.72. The van der Waals surface area contributed by atoms with Crippen LogP contribution in [0.15, 0.2) is 24.3 Å². The average molecular weight is 348 g/mol. The Morgan fingerprint density at radius 2 is 1.57 bits per heavy atom. The number of hydrogen-bond donors (Lipinski definition) is 0. The van der Waals surface area contributed by atoms with Crippen LogP contribution in [0.4, 0.5) is 13.2 Å². The third-order valence-corrected chi connectivity index (χ3v) is 7.29. The van der Waals surface area contributed by atoms with Crippen molar-refractivity contribution in [3.05, 3.63) is 29.8 Å². The number of carbonyl (C=O) groups is 1. The molecule has 4 nitrogen and oxygen atoms in total. The molecule has 2 atom stereocenters. The van der Waals surface area contributed by atoms with Gasteiger partial charge in [0.25, 0.3) is 0 Å². The Labute approximate surface area is 131 Å². The minimum absolute atomic E-state index is 0.213. The first kappa shape index (κ1) is 16.3. The van der Waals surface area contributed by atoms with Crippen LogP contribution in [0.3, 0.4) is 0 Å². The van der Waals surface area contributed by atoms with Crippen LogP contribution in [0.25, 0.3) is 0 Å². The molecule has 0 N–H and O–H groups in total. The quantitative estimate of drug-likeness (QED) is 0.788. The van der Waals surface area contributed by atoms with Gasteiger partial charge in [0.2, 0.25) is 0 Å². The monoisotopic (exact) mass is 348 g/mol. The number of ether oxygens (including phenoxy) is 1. The van der Waals surface area contributed by atoms with Gasteiger partial charge >= 0.3 is 6.36 Å². The molecule has 2 heterocycles. The van der Waals surface area contributed by atoms with Gasteiger partial charge in [0.05, 0.1) is 10.5 Å². The van der Waals surface area contributed by atoms with Crippen LogP contribution in [0.5, 0.6) is 5.75 Å². The number of rotatable bonds is 3. The van der Waals surface area contributed by atoms with Gasteiger partial charge in [-0.05, 0) is 49.9 Å². The Morgan fingerprint density at radius 3 is 2.04 bits per heavy atom. The van der Waals surface area contributed by atoms with Crippen molar-refractivity contribution in [2.45, 2.75) is 42.5 Å². The molecule has 1 aromatic rings. The largest absolute Gasteiger partial charge is 0.573 e. The summed E-state index contributed by atoms with van der Waals surface area (Å²) in [6.45, 7) is 0. The number of alkyl halides is 3. The molecule has 0 radical (unpaired) electrons. The van der Waals surface area contributed by atoms with Crippen molar-refractivity contribution < 1.29 is 31.1 Å². The van der Waals surface area contributed by atoms with Gasteiger partial charge in [0.15, 0.2) is 15.6 Å². The maximum atomic E-state index is 12.5. The van der Waals surface area contributed by atoms with Crippen molar-refractivity contribution in [2.75, 3.05) is 0 Å². The summed E-state index contributed by atoms with van der Waals surface area (Å²) in [6, 6.07) is 4.76. The third-order valence-electron chi connectivity index (χ3n) is 4.58. The lowest BCUT2D eigenvalue weighted by atomic mass is 9.90. The number of benzene rings is 1. The molecule has 2 unspecified atom stereocenters.